The van der Waals surface area contributed by atoms with Crippen molar-refractivity contribution in [2.45, 2.75) is 23.8 Å². The van der Waals surface area contributed by atoms with Crippen LogP contribution in [0.2, 0.25) is 0 Å². The van der Waals surface area contributed by atoms with Crippen LogP contribution in [-0.4, -0.2) is 8.42 Å². The number of hydrogen-bond acceptors (Lipinski definition) is 3. The van der Waals surface area contributed by atoms with Gasteiger partial charge in [0.15, 0.2) is 0 Å². The zero-order valence-corrected chi connectivity index (χ0v) is 13.6. The highest BCUT2D eigenvalue weighted by Crippen LogP contribution is 2.37. The van der Waals surface area contributed by atoms with Crippen LogP contribution in [0.25, 0.3) is 0 Å². The molecule has 0 heterocycles. The summed E-state index contributed by atoms with van der Waals surface area (Å²) in [5.41, 5.74) is 3.34. The Bertz CT molecular complexity index is 790. The summed E-state index contributed by atoms with van der Waals surface area (Å²) in [5.74, 6) is 0. The summed E-state index contributed by atoms with van der Waals surface area (Å²) < 4.78 is 23.9. The maximum atomic E-state index is 11.4. The Morgan fingerprint density at radius 2 is 1.95 bits per heavy atom. The molecule has 1 unspecified atom stereocenters. The van der Waals surface area contributed by atoms with Gasteiger partial charge in [0.2, 0.25) is 10.0 Å². The molecule has 0 spiro atoms. The molecule has 3 rings (SSSR count). The fourth-order valence-corrected chi connectivity index (χ4v) is 3.86. The number of nitrogens with one attached hydrogen (secondary N) is 1. The van der Waals surface area contributed by atoms with Crippen molar-refractivity contribution in [2.24, 2.45) is 5.14 Å². The van der Waals surface area contributed by atoms with Crippen LogP contribution in [0.15, 0.2) is 51.8 Å². The molecule has 1 aliphatic carbocycles. The Morgan fingerprint density at radius 1 is 1.19 bits per heavy atom. The number of rotatable bonds is 3. The summed E-state index contributed by atoms with van der Waals surface area (Å²) in [4.78, 5) is 0.125. The van der Waals surface area contributed by atoms with Crippen LogP contribution in [0.3, 0.4) is 0 Å². The number of hydrogen-bond donors (Lipinski definition) is 2. The van der Waals surface area contributed by atoms with Gasteiger partial charge in [-0.1, -0.05) is 34.1 Å². The Hall–Kier alpha value is -1.37. The Labute approximate surface area is 132 Å². The van der Waals surface area contributed by atoms with Gasteiger partial charge >= 0.3 is 0 Å². The minimum atomic E-state index is -3.67. The molecular weight excluding hydrogens is 352 g/mol. The van der Waals surface area contributed by atoms with E-state index in [9.17, 15) is 8.42 Å². The van der Waals surface area contributed by atoms with Gasteiger partial charge in [0, 0.05) is 10.2 Å². The van der Waals surface area contributed by atoms with Crippen LogP contribution in [0.1, 0.15) is 23.6 Å². The molecule has 0 fully saturated rings. The first kappa shape index (κ1) is 14.6. The lowest BCUT2D eigenvalue weighted by Crippen LogP contribution is -2.13. The van der Waals surface area contributed by atoms with Crippen LogP contribution in [0.5, 0.6) is 0 Å². The summed E-state index contributed by atoms with van der Waals surface area (Å²) in [5, 5.41) is 8.56. The number of anilines is 1. The Morgan fingerprint density at radius 3 is 2.71 bits per heavy atom. The van der Waals surface area contributed by atoms with Gasteiger partial charge in [0.25, 0.3) is 0 Å². The van der Waals surface area contributed by atoms with E-state index >= 15 is 0 Å². The standard InChI is InChI=1S/C15H15BrN2O2S/c16-14-6-2-5-13-12(14)7-8-15(13)18-10-3-1-4-11(9-10)21(17,19)20/h1-6,9,15,18H,7-8H2,(H2,17,19,20). The van der Waals surface area contributed by atoms with Crippen molar-refractivity contribution in [3.05, 3.63) is 58.1 Å². The third-order valence-electron chi connectivity index (χ3n) is 3.72. The van der Waals surface area contributed by atoms with E-state index in [1.165, 1.54) is 17.2 Å². The van der Waals surface area contributed by atoms with E-state index < -0.39 is 10.0 Å². The van der Waals surface area contributed by atoms with Crippen LogP contribution >= 0.6 is 15.9 Å². The van der Waals surface area contributed by atoms with Crippen LogP contribution in [0, 0.1) is 0 Å². The van der Waals surface area contributed by atoms with Gasteiger partial charge in [-0.2, -0.15) is 0 Å². The fraction of sp³-hybridized carbons (Fsp3) is 0.200. The second-order valence-corrected chi connectivity index (χ2v) is 7.53. The summed E-state index contributed by atoms with van der Waals surface area (Å²) >= 11 is 3.57. The summed E-state index contributed by atoms with van der Waals surface area (Å²) in [6.45, 7) is 0. The third-order valence-corrected chi connectivity index (χ3v) is 5.37. The monoisotopic (exact) mass is 366 g/mol. The molecule has 1 aliphatic rings. The summed E-state index contributed by atoms with van der Waals surface area (Å²) in [7, 11) is -3.67. The molecule has 0 radical (unpaired) electrons. The summed E-state index contributed by atoms with van der Waals surface area (Å²) in [6, 6.07) is 13.0. The normalized spacial score (nSPS) is 17.5. The molecule has 6 heteroatoms. The molecule has 0 aliphatic heterocycles. The van der Waals surface area contributed by atoms with Gasteiger partial charge in [-0.15, -0.1) is 0 Å². The smallest absolute Gasteiger partial charge is 0.238 e. The highest BCUT2D eigenvalue weighted by Gasteiger charge is 2.24. The van der Waals surface area contributed by atoms with E-state index in [1.807, 2.05) is 18.2 Å². The molecular formula is C15H15BrN2O2S. The lowest BCUT2D eigenvalue weighted by Gasteiger charge is -2.16. The van der Waals surface area contributed by atoms with E-state index in [2.05, 4.69) is 27.3 Å². The molecule has 4 nitrogen and oxygen atoms in total. The molecule has 2 aromatic rings. The molecule has 2 aromatic carbocycles. The second kappa shape index (κ2) is 5.44. The van der Waals surface area contributed by atoms with Crippen LogP contribution in [0.4, 0.5) is 5.69 Å². The van der Waals surface area contributed by atoms with Gasteiger partial charge < -0.3 is 5.32 Å². The predicted octanol–water partition coefficient (Wildman–Crippen LogP) is 3.20. The number of primary sulfonamides is 1. The van der Waals surface area contributed by atoms with Gasteiger partial charge in [-0.05, 0) is 48.2 Å². The Kier molecular flexibility index (Phi) is 3.77. The van der Waals surface area contributed by atoms with Crippen molar-refractivity contribution in [3.63, 3.8) is 0 Å². The van der Waals surface area contributed by atoms with Crippen molar-refractivity contribution >= 4 is 31.6 Å². The topological polar surface area (TPSA) is 72.2 Å². The van der Waals surface area contributed by atoms with Gasteiger partial charge in [0.1, 0.15) is 0 Å². The van der Waals surface area contributed by atoms with Crippen molar-refractivity contribution < 1.29 is 8.42 Å². The first-order valence-corrected chi connectivity index (χ1v) is 8.96. The molecule has 110 valence electrons. The molecule has 0 saturated carbocycles. The lowest BCUT2D eigenvalue weighted by molar-refractivity contribution is 0.598. The van der Waals surface area contributed by atoms with E-state index in [4.69, 9.17) is 5.14 Å². The first-order valence-electron chi connectivity index (χ1n) is 6.62. The van der Waals surface area contributed by atoms with E-state index in [-0.39, 0.29) is 10.9 Å². The molecule has 1 atom stereocenters. The first-order chi connectivity index (χ1) is 9.95. The average Bonchev–Trinajstić information content (AvgIpc) is 2.83. The second-order valence-electron chi connectivity index (χ2n) is 5.12. The number of nitrogens with two attached hydrogens (primary N) is 1. The SMILES string of the molecule is NS(=O)(=O)c1cccc(NC2CCc3c(Br)cccc32)c1. The van der Waals surface area contributed by atoms with Crippen molar-refractivity contribution in [2.75, 3.05) is 5.32 Å². The number of benzene rings is 2. The van der Waals surface area contributed by atoms with Gasteiger partial charge in [-0.25, -0.2) is 13.6 Å². The largest absolute Gasteiger partial charge is 0.378 e. The minimum absolute atomic E-state index is 0.125. The third kappa shape index (κ3) is 2.97. The van der Waals surface area contributed by atoms with Crippen molar-refractivity contribution in [1.29, 1.82) is 0 Å². The quantitative estimate of drug-likeness (QED) is 0.875. The van der Waals surface area contributed by atoms with E-state index in [0.717, 1.165) is 23.0 Å². The average molecular weight is 367 g/mol. The highest BCUT2D eigenvalue weighted by molar-refractivity contribution is 9.10. The van der Waals surface area contributed by atoms with Gasteiger partial charge in [0.05, 0.1) is 10.9 Å². The van der Waals surface area contributed by atoms with Gasteiger partial charge in [-0.3, -0.25) is 0 Å². The van der Waals surface area contributed by atoms with E-state index in [0.29, 0.717) is 0 Å². The molecule has 0 saturated heterocycles. The molecule has 0 aromatic heterocycles. The minimum Gasteiger partial charge on any atom is -0.378 e. The van der Waals surface area contributed by atoms with Crippen molar-refractivity contribution in [1.82, 2.24) is 0 Å². The van der Waals surface area contributed by atoms with Crippen LogP contribution in [-0.2, 0) is 16.4 Å². The molecule has 0 bridgehead atoms. The van der Waals surface area contributed by atoms with Crippen molar-refractivity contribution in [3.8, 4) is 0 Å². The van der Waals surface area contributed by atoms with E-state index in [1.54, 1.807) is 12.1 Å². The molecule has 3 N–H and O–H groups in total. The Balaban J connectivity index is 1.89. The summed E-state index contributed by atoms with van der Waals surface area (Å²) in [6.07, 6.45) is 1.99. The fourth-order valence-electron chi connectivity index (χ4n) is 2.72. The number of halogens is 1. The maximum absolute atomic E-state index is 11.4. The lowest BCUT2D eigenvalue weighted by atomic mass is 10.1. The van der Waals surface area contributed by atoms with Crippen LogP contribution < -0.4 is 10.5 Å². The molecule has 21 heavy (non-hydrogen) atoms. The highest BCUT2D eigenvalue weighted by atomic mass is 79.9. The zero-order chi connectivity index (χ0) is 15.0. The zero-order valence-electron chi connectivity index (χ0n) is 11.2. The predicted molar refractivity (Wildman–Crippen MR) is 86.6 cm³/mol. The molecule has 0 amide bonds. The number of fused-ring (bicyclic) bond motifs is 1. The number of sulfonamides is 1. The maximum Gasteiger partial charge on any atom is 0.238 e.